The number of ether oxygens (including phenoxy) is 1. The van der Waals surface area contributed by atoms with Gasteiger partial charge >= 0.3 is 6.18 Å². The quantitative estimate of drug-likeness (QED) is 0.422. The number of hydrogen-bond acceptors (Lipinski definition) is 4. The third-order valence-electron chi connectivity index (χ3n) is 5.12. The minimum atomic E-state index is -4.65. The lowest BCUT2D eigenvalue weighted by Gasteiger charge is -2.20. The van der Waals surface area contributed by atoms with Gasteiger partial charge in [-0.15, -0.1) is 0 Å². The summed E-state index contributed by atoms with van der Waals surface area (Å²) >= 11 is 6.00. The fraction of sp³-hybridized carbons (Fsp3) is 0.208. The number of amides is 1. The number of alkyl halides is 3. The van der Waals surface area contributed by atoms with E-state index in [9.17, 15) is 26.4 Å². The van der Waals surface area contributed by atoms with Crippen molar-refractivity contribution in [1.29, 1.82) is 0 Å². The van der Waals surface area contributed by atoms with Crippen LogP contribution in [0.3, 0.4) is 0 Å². The van der Waals surface area contributed by atoms with Crippen molar-refractivity contribution in [3.05, 3.63) is 88.4 Å². The Morgan fingerprint density at radius 3 is 2.34 bits per heavy atom. The number of hydrogen-bond donors (Lipinski definition) is 2. The molecule has 6 nitrogen and oxygen atoms in total. The number of benzene rings is 3. The number of methoxy groups -OCH3 is 1. The number of anilines is 1. The first-order valence-electron chi connectivity index (χ1n) is 10.3. The van der Waals surface area contributed by atoms with Crippen LogP contribution in [0.4, 0.5) is 18.9 Å². The normalized spacial score (nSPS) is 12.7. The third kappa shape index (κ3) is 6.74. The van der Waals surface area contributed by atoms with Gasteiger partial charge in [-0.05, 0) is 60.9 Å². The van der Waals surface area contributed by atoms with Crippen LogP contribution in [0.25, 0.3) is 0 Å². The minimum Gasteiger partial charge on any atom is -0.496 e. The number of halogens is 4. The second-order valence-corrected chi connectivity index (χ2v) is 9.80. The fourth-order valence-corrected chi connectivity index (χ4v) is 4.77. The molecule has 3 aromatic rings. The zero-order valence-corrected chi connectivity index (χ0v) is 20.3. The van der Waals surface area contributed by atoms with Crippen molar-refractivity contribution in [1.82, 2.24) is 4.72 Å². The second kappa shape index (κ2) is 10.7. The molecular weight excluding hydrogens is 505 g/mol. The van der Waals surface area contributed by atoms with E-state index in [-0.39, 0.29) is 22.0 Å². The largest absolute Gasteiger partial charge is 0.496 e. The maximum Gasteiger partial charge on any atom is 0.416 e. The van der Waals surface area contributed by atoms with Gasteiger partial charge in [-0.1, -0.05) is 41.9 Å². The first-order chi connectivity index (χ1) is 16.4. The molecule has 186 valence electrons. The Labute approximate surface area is 206 Å². The molecule has 3 aromatic carbocycles. The molecule has 0 saturated carbocycles. The van der Waals surface area contributed by atoms with Gasteiger partial charge in [0.25, 0.3) is 0 Å². The second-order valence-electron chi connectivity index (χ2n) is 7.68. The summed E-state index contributed by atoms with van der Waals surface area (Å²) in [7, 11) is -2.73. The SMILES string of the molecule is COc1ccc(S(=O)(=O)N[C@@H](Cc2ccccc2)C(=O)Nc2cc(C(F)(F)F)ccc2Cl)cc1C. The van der Waals surface area contributed by atoms with Crippen LogP contribution in [0.15, 0.2) is 71.6 Å². The van der Waals surface area contributed by atoms with Crippen LogP contribution in [-0.4, -0.2) is 27.5 Å². The average Bonchev–Trinajstić information content (AvgIpc) is 2.79. The maximum absolute atomic E-state index is 13.1. The Morgan fingerprint density at radius 2 is 1.74 bits per heavy atom. The third-order valence-corrected chi connectivity index (χ3v) is 6.92. The van der Waals surface area contributed by atoms with Crippen LogP contribution in [-0.2, 0) is 27.4 Å². The lowest BCUT2D eigenvalue weighted by molar-refractivity contribution is -0.137. The first kappa shape index (κ1) is 26.5. The van der Waals surface area contributed by atoms with Crippen LogP contribution >= 0.6 is 11.6 Å². The van der Waals surface area contributed by atoms with Gasteiger partial charge in [0, 0.05) is 0 Å². The van der Waals surface area contributed by atoms with Crippen LogP contribution in [0.2, 0.25) is 5.02 Å². The predicted molar refractivity (Wildman–Crippen MR) is 127 cm³/mol. The van der Waals surface area contributed by atoms with Crippen LogP contribution < -0.4 is 14.8 Å². The van der Waals surface area contributed by atoms with Gasteiger partial charge in [0.2, 0.25) is 15.9 Å². The molecule has 0 spiro atoms. The molecule has 0 aromatic heterocycles. The van der Waals surface area contributed by atoms with Crippen LogP contribution in [0.5, 0.6) is 5.75 Å². The molecule has 0 bridgehead atoms. The summed E-state index contributed by atoms with van der Waals surface area (Å²) in [6, 6.07) is 13.9. The van der Waals surface area contributed by atoms with E-state index in [0.717, 1.165) is 12.1 Å². The number of carbonyl (C=O) groups excluding carboxylic acids is 1. The molecule has 0 heterocycles. The van der Waals surface area contributed by atoms with Crippen molar-refractivity contribution in [2.75, 3.05) is 12.4 Å². The smallest absolute Gasteiger partial charge is 0.416 e. The Balaban J connectivity index is 1.93. The van der Waals surface area contributed by atoms with Gasteiger partial charge in [-0.3, -0.25) is 4.79 Å². The van der Waals surface area contributed by atoms with E-state index in [2.05, 4.69) is 10.0 Å². The molecule has 2 N–H and O–H groups in total. The van der Waals surface area contributed by atoms with E-state index in [4.69, 9.17) is 16.3 Å². The molecule has 0 fully saturated rings. The van der Waals surface area contributed by atoms with Crippen molar-refractivity contribution in [2.45, 2.75) is 30.5 Å². The molecular formula is C24H22ClF3N2O4S. The number of sulfonamides is 1. The molecule has 3 rings (SSSR count). The molecule has 0 saturated heterocycles. The standard InChI is InChI=1S/C24H22ClF3N2O4S/c1-15-12-18(9-11-22(15)34-2)35(32,33)30-21(13-16-6-4-3-5-7-16)23(31)29-20-14-17(24(26,27)28)8-10-19(20)25/h3-12,14,21,30H,13H2,1-2H3,(H,29,31)/t21-/m0/s1. The van der Waals surface area contributed by atoms with Gasteiger partial charge in [0.1, 0.15) is 11.8 Å². The van der Waals surface area contributed by atoms with Crippen molar-refractivity contribution >= 4 is 33.2 Å². The topological polar surface area (TPSA) is 84.5 Å². The van der Waals surface area contributed by atoms with Crippen molar-refractivity contribution < 1.29 is 31.1 Å². The molecule has 0 aliphatic carbocycles. The summed E-state index contributed by atoms with van der Waals surface area (Å²) in [5, 5.41) is 2.20. The Bertz CT molecular complexity index is 1320. The van der Waals surface area contributed by atoms with E-state index in [0.29, 0.717) is 22.9 Å². The van der Waals surface area contributed by atoms with Gasteiger partial charge in [-0.2, -0.15) is 17.9 Å². The van der Waals surface area contributed by atoms with Gasteiger partial charge in [-0.25, -0.2) is 8.42 Å². The molecule has 35 heavy (non-hydrogen) atoms. The molecule has 0 aliphatic heterocycles. The van der Waals surface area contributed by atoms with Crippen LogP contribution in [0.1, 0.15) is 16.7 Å². The molecule has 1 amide bonds. The molecule has 11 heteroatoms. The lowest BCUT2D eigenvalue weighted by atomic mass is 10.1. The highest BCUT2D eigenvalue weighted by Gasteiger charge is 2.32. The zero-order valence-electron chi connectivity index (χ0n) is 18.7. The molecule has 0 radical (unpaired) electrons. The molecule has 0 unspecified atom stereocenters. The lowest BCUT2D eigenvalue weighted by Crippen LogP contribution is -2.45. The average molecular weight is 527 g/mol. The molecule has 0 aliphatic rings. The predicted octanol–water partition coefficient (Wildman–Crippen LogP) is 5.20. The monoisotopic (exact) mass is 526 g/mol. The van der Waals surface area contributed by atoms with Gasteiger partial charge in [0.15, 0.2) is 0 Å². The summed E-state index contributed by atoms with van der Waals surface area (Å²) < 4.78 is 73.1. The van der Waals surface area contributed by atoms with Crippen molar-refractivity contribution in [2.24, 2.45) is 0 Å². The van der Waals surface area contributed by atoms with Crippen LogP contribution in [0, 0.1) is 6.92 Å². The van der Waals surface area contributed by atoms with E-state index < -0.39 is 33.7 Å². The summed E-state index contributed by atoms with van der Waals surface area (Å²) in [4.78, 5) is 13.0. The van der Waals surface area contributed by atoms with Crippen molar-refractivity contribution in [3.8, 4) is 5.75 Å². The highest BCUT2D eigenvalue weighted by atomic mass is 35.5. The number of aryl methyl sites for hydroxylation is 1. The Hall–Kier alpha value is -3.08. The van der Waals surface area contributed by atoms with Gasteiger partial charge in [0.05, 0.1) is 28.3 Å². The minimum absolute atomic E-state index is 0.0579. The van der Waals surface area contributed by atoms with Gasteiger partial charge < -0.3 is 10.1 Å². The summed E-state index contributed by atoms with van der Waals surface area (Å²) in [6.07, 6.45) is -4.71. The van der Waals surface area contributed by atoms with E-state index in [1.54, 1.807) is 37.3 Å². The number of nitrogens with one attached hydrogen (secondary N) is 2. The fourth-order valence-electron chi connectivity index (χ4n) is 3.33. The Morgan fingerprint density at radius 1 is 1.06 bits per heavy atom. The summed E-state index contributed by atoms with van der Waals surface area (Å²) in [5.41, 5.74) is -0.0956. The van der Waals surface area contributed by atoms with Crippen molar-refractivity contribution in [3.63, 3.8) is 0 Å². The summed E-state index contributed by atoms with van der Waals surface area (Å²) in [5.74, 6) is -0.384. The number of carbonyl (C=O) groups is 1. The van der Waals surface area contributed by atoms with E-state index >= 15 is 0 Å². The zero-order chi connectivity index (χ0) is 25.8. The first-order valence-corrected chi connectivity index (χ1v) is 12.2. The Kier molecular flexibility index (Phi) is 8.09. The molecule has 1 atom stereocenters. The number of rotatable bonds is 8. The maximum atomic E-state index is 13.1. The highest BCUT2D eigenvalue weighted by molar-refractivity contribution is 7.89. The summed E-state index contributed by atoms with van der Waals surface area (Å²) in [6.45, 7) is 1.67. The highest BCUT2D eigenvalue weighted by Crippen LogP contribution is 2.34. The van der Waals surface area contributed by atoms with E-state index in [1.807, 2.05) is 0 Å². The van der Waals surface area contributed by atoms with E-state index in [1.165, 1.54) is 25.3 Å².